The lowest BCUT2D eigenvalue weighted by molar-refractivity contribution is -0.138. The molecule has 2 aromatic rings. The number of carbonyl (C=O) groups is 2. The first-order valence-corrected chi connectivity index (χ1v) is 8.68. The van der Waals surface area contributed by atoms with E-state index in [0.29, 0.717) is 25.3 Å². The number of aromatic amines is 1. The molecule has 0 spiro atoms. The standard InChI is InChI=1S/C20H26N2O3/c1-15(2)14-22(13-12-20(24)25)19(23)11-9-17-8-10-18(21-17)16-6-4-3-5-7-16/h3-8,10,15,21H,9,11-14H2,1-2H3,(H,24,25). The Bertz CT molecular complexity index is 692. The van der Waals surface area contributed by atoms with Gasteiger partial charge in [0.15, 0.2) is 0 Å². The molecule has 5 nitrogen and oxygen atoms in total. The van der Waals surface area contributed by atoms with Crippen molar-refractivity contribution in [3.63, 3.8) is 0 Å². The van der Waals surface area contributed by atoms with Gasteiger partial charge in [-0.15, -0.1) is 0 Å². The number of benzene rings is 1. The molecule has 0 aliphatic rings. The fourth-order valence-electron chi connectivity index (χ4n) is 2.76. The first-order valence-electron chi connectivity index (χ1n) is 8.68. The van der Waals surface area contributed by atoms with E-state index >= 15 is 0 Å². The number of carboxylic acid groups (broad SMARTS) is 1. The van der Waals surface area contributed by atoms with E-state index in [-0.39, 0.29) is 18.9 Å². The first kappa shape index (κ1) is 18.8. The summed E-state index contributed by atoms with van der Waals surface area (Å²) in [5.41, 5.74) is 3.16. The van der Waals surface area contributed by atoms with E-state index in [0.717, 1.165) is 17.0 Å². The minimum absolute atomic E-state index is 0.00538. The fourth-order valence-corrected chi connectivity index (χ4v) is 2.76. The Morgan fingerprint density at radius 1 is 1.08 bits per heavy atom. The monoisotopic (exact) mass is 342 g/mol. The summed E-state index contributed by atoms with van der Waals surface area (Å²) in [5.74, 6) is -0.558. The van der Waals surface area contributed by atoms with Crippen LogP contribution in [0.3, 0.4) is 0 Å². The summed E-state index contributed by atoms with van der Waals surface area (Å²) in [6, 6.07) is 14.1. The third-order valence-electron chi connectivity index (χ3n) is 3.97. The molecular weight excluding hydrogens is 316 g/mol. The van der Waals surface area contributed by atoms with Crippen molar-refractivity contribution in [2.24, 2.45) is 5.92 Å². The van der Waals surface area contributed by atoms with Crippen LogP contribution < -0.4 is 0 Å². The van der Waals surface area contributed by atoms with Crippen molar-refractivity contribution in [2.75, 3.05) is 13.1 Å². The third kappa shape index (κ3) is 6.10. The number of carboxylic acids is 1. The van der Waals surface area contributed by atoms with Gasteiger partial charge in [0.05, 0.1) is 6.42 Å². The summed E-state index contributed by atoms with van der Waals surface area (Å²) in [5, 5.41) is 8.85. The summed E-state index contributed by atoms with van der Waals surface area (Å²) >= 11 is 0. The van der Waals surface area contributed by atoms with Gasteiger partial charge in [-0.25, -0.2) is 0 Å². The lowest BCUT2D eigenvalue weighted by Crippen LogP contribution is -2.36. The predicted molar refractivity (Wildman–Crippen MR) is 98.2 cm³/mol. The summed E-state index contributed by atoms with van der Waals surface area (Å²) in [7, 11) is 0. The zero-order valence-corrected chi connectivity index (χ0v) is 14.9. The zero-order chi connectivity index (χ0) is 18.2. The number of hydrogen-bond donors (Lipinski definition) is 2. The average Bonchev–Trinajstić information content (AvgIpc) is 3.06. The molecule has 5 heteroatoms. The number of rotatable bonds is 9. The van der Waals surface area contributed by atoms with Crippen LogP contribution in [0.15, 0.2) is 42.5 Å². The third-order valence-corrected chi connectivity index (χ3v) is 3.97. The molecule has 1 aromatic heterocycles. The maximum Gasteiger partial charge on any atom is 0.305 e. The van der Waals surface area contributed by atoms with Gasteiger partial charge in [0.1, 0.15) is 0 Å². The molecule has 2 N–H and O–H groups in total. The van der Waals surface area contributed by atoms with E-state index < -0.39 is 5.97 Å². The number of aliphatic carboxylic acids is 1. The van der Waals surface area contributed by atoms with Gasteiger partial charge in [-0.3, -0.25) is 9.59 Å². The topological polar surface area (TPSA) is 73.4 Å². The van der Waals surface area contributed by atoms with Gasteiger partial charge in [0, 0.05) is 30.9 Å². The minimum Gasteiger partial charge on any atom is -0.481 e. The number of nitrogens with one attached hydrogen (secondary N) is 1. The van der Waals surface area contributed by atoms with Crippen molar-refractivity contribution >= 4 is 11.9 Å². The molecule has 0 unspecified atom stereocenters. The number of nitrogens with zero attached hydrogens (tertiary/aromatic N) is 1. The molecule has 0 aliphatic carbocycles. The van der Waals surface area contributed by atoms with Gasteiger partial charge in [-0.1, -0.05) is 44.2 Å². The highest BCUT2D eigenvalue weighted by atomic mass is 16.4. The highest BCUT2D eigenvalue weighted by Crippen LogP contribution is 2.18. The second-order valence-electron chi connectivity index (χ2n) is 6.64. The highest BCUT2D eigenvalue weighted by Gasteiger charge is 2.16. The zero-order valence-electron chi connectivity index (χ0n) is 14.9. The molecule has 1 amide bonds. The van der Waals surface area contributed by atoms with E-state index in [1.54, 1.807) is 4.90 Å². The SMILES string of the molecule is CC(C)CN(CCC(=O)O)C(=O)CCc1ccc(-c2ccccc2)[nH]1. The van der Waals surface area contributed by atoms with E-state index in [1.165, 1.54) is 0 Å². The Labute approximate surface area is 148 Å². The number of hydrogen-bond acceptors (Lipinski definition) is 2. The predicted octanol–water partition coefficient (Wildman–Crippen LogP) is 3.57. The van der Waals surface area contributed by atoms with Gasteiger partial charge in [-0.2, -0.15) is 0 Å². The molecule has 0 radical (unpaired) electrons. The van der Waals surface area contributed by atoms with Crippen molar-refractivity contribution in [3.05, 3.63) is 48.2 Å². The number of amides is 1. The summed E-state index contributed by atoms with van der Waals surface area (Å²) in [4.78, 5) is 28.3. The molecule has 0 fully saturated rings. The molecule has 25 heavy (non-hydrogen) atoms. The molecule has 1 heterocycles. The number of carbonyl (C=O) groups excluding carboxylic acids is 1. The molecule has 134 valence electrons. The van der Waals surface area contributed by atoms with Gasteiger partial charge >= 0.3 is 5.97 Å². The number of H-pyrrole nitrogens is 1. The lowest BCUT2D eigenvalue weighted by Gasteiger charge is -2.24. The van der Waals surface area contributed by atoms with Gasteiger partial charge in [-0.05, 0) is 30.0 Å². The summed E-state index contributed by atoms with van der Waals surface area (Å²) < 4.78 is 0. The molecule has 0 saturated carbocycles. The van der Waals surface area contributed by atoms with Gasteiger partial charge in [0.2, 0.25) is 5.91 Å². The summed E-state index contributed by atoms with van der Waals surface area (Å²) in [6.45, 7) is 4.91. The van der Waals surface area contributed by atoms with Crippen LogP contribution in [0.1, 0.15) is 32.4 Å². The average molecular weight is 342 g/mol. The van der Waals surface area contributed by atoms with Crippen molar-refractivity contribution in [3.8, 4) is 11.3 Å². The normalized spacial score (nSPS) is 10.8. The smallest absolute Gasteiger partial charge is 0.305 e. The number of aryl methyl sites for hydroxylation is 1. The molecule has 2 rings (SSSR count). The van der Waals surface area contributed by atoms with Crippen LogP contribution in [-0.2, 0) is 16.0 Å². The van der Waals surface area contributed by atoms with Crippen LogP contribution in [-0.4, -0.2) is 40.0 Å². The fraction of sp³-hybridized carbons (Fsp3) is 0.400. The quantitative estimate of drug-likeness (QED) is 0.731. The van der Waals surface area contributed by atoms with E-state index in [4.69, 9.17) is 5.11 Å². The largest absolute Gasteiger partial charge is 0.481 e. The Morgan fingerprint density at radius 3 is 2.44 bits per heavy atom. The first-order chi connectivity index (χ1) is 12.0. The van der Waals surface area contributed by atoms with Crippen LogP contribution in [0, 0.1) is 5.92 Å². The second kappa shape index (κ2) is 9.06. The van der Waals surface area contributed by atoms with Crippen LogP contribution in [0.4, 0.5) is 0 Å². The van der Waals surface area contributed by atoms with Crippen LogP contribution in [0.5, 0.6) is 0 Å². The Morgan fingerprint density at radius 2 is 1.80 bits per heavy atom. The molecule has 0 atom stereocenters. The maximum absolute atomic E-state index is 12.5. The molecule has 1 aromatic carbocycles. The van der Waals surface area contributed by atoms with Crippen LogP contribution in [0.2, 0.25) is 0 Å². The molecular formula is C20H26N2O3. The van der Waals surface area contributed by atoms with Gasteiger partial charge in [0.25, 0.3) is 0 Å². The maximum atomic E-state index is 12.5. The van der Waals surface area contributed by atoms with Crippen molar-refractivity contribution < 1.29 is 14.7 Å². The Kier molecular flexibility index (Phi) is 6.81. The molecule has 0 aliphatic heterocycles. The number of aromatic nitrogens is 1. The highest BCUT2D eigenvalue weighted by molar-refractivity contribution is 5.77. The second-order valence-corrected chi connectivity index (χ2v) is 6.64. The molecule has 0 bridgehead atoms. The van der Waals surface area contributed by atoms with Crippen molar-refractivity contribution in [1.29, 1.82) is 0 Å². The minimum atomic E-state index is -0.876. The van der Waals surface area contributed by atoms with E-state index in [9.17, 15) is 9.59 Å². The van der Waals surface area contributed by atoms with E-state index in [2.05, 4.69) is 4.98 Å². The lowest BCUT2D eigenvalue weighted by atomic mass is 10.1. The Hall–Kier alpha value is -2.56. The van der Waals surface area contributed by atoms with E-state index in [1.807, 2.05) is 56.3 Å². The van der Waals surface area contributed by atoms with Crippen LogP contribution >= 0.6 is 0 Å². The summed E-state index contributed by atoms with van der Waals surface area (Å²) in [6.07, 6.45) is 0.980. The van der Waals surface area contributed by atoms with Gasteiger partial charge < -0.3 is 15.0 Å². The Balaban J connectivity index is 1.93. The molecule has 0 saturated heterocycles. The van der Waals surface area contributed by atoms with Crippen molar-refractivity contribution in [1.82, 2.24) is 9.88 Å². The van der Waals surface area contributed by atoms with Crippen LogP contribution in [0.25, 0.3) is 11.3 Å². The van der Waals surface area contributed by atoms with Crippen molar-refractivity contribution in [2.45, 2.75) is 33.1 Å².